The van der Waals surface area contributed by atoms with Gasteiger partial charge in [0.25, 0.3) is 0 Å². The predicted octanol–water partition coefficient (Wildman–Crippen LogP) is 4.46. The molecule has 0 aromatic rings. The van der Waals surface area contributed by atoms with Crippen LogP contribution in [0.25, 0.3) is 0 Å². The largest absolute Gasteiger partial charge is 0.393 e. The highest BCUT2D eigenvalue weighted by atomic mass is 16.3. The van der Waals surface area contributed by atoms with Gasteiger partial charge >= 0.3 is 0 Å². The Bertz CT molecular complexity index is 657. The Morgan fingerprint density at radius 2 is 2.04 bits per heavy atom. The lowest BCUT2D eigenvalue weighted by molar-refractivity contribution is -0.120. The molecule has 130 valence electrons. The normalized spacial score (nSPS) is 49.9. The van der Waals surface area contributed by atoms with Crippen molar-refractivity contribution in [1.29, 1.82) is 0 Å². The smallest absolute Gasteiger partial charge is 0.156 e. The molecule has 0 saturated heterocycles. The molecule has 4 rings (SSSR count). The zero-order valence-corrected chi connectivity index (χ0v) is 15.2. The first kappa shape index (κ1) is 16.3. The molecule has 1 N–H and O–H groups in total. The van der Waals surface area contributed by atoms with Crippen molar-refractivity contribution < 1.29 is 9.90 Å². The molecule has 2 nitrogen and oxygen atoms in total. The average molecular weight is 326 g/mol. The minimum atomic E-state index is -0.268. The quantitative estimate of drug-likeness (QED) is 0.723. The predicted molar refractivity (Wildman–Crippen MR) is 96.3 cm³/mol. The molecule has 0 aromatic heterocycles. The molecule has 2 heteroatoms. The lowest BCUT2D eigenvalue weighted by Crippen LogP contribution is -2.55. The first-order valence-electron chi connectivity index (χ1n) is 9.55. The number of hydrogen-bond acceptors (Lipinski definition) is 2. The van der Waals surface area contributed by atoms with E-state index < -0.39 is 0 Å². The molecule has 0 amide bonds. The second-order valence-corrected chi connectivity index (χ2v) is 9.23. The van der Waals surface area contributed by atoms with Gasteiger partial charge in [0.1, 0.15) is 0 Å². The first-order valence-corrected chi connectivity index (χ1v) is 9.55. The summed E-state index contributed by atoms with van der Waals surface area (Å²) >= 11 is 0. The van der Waals surface area contributed by atoms with Crippen LogP contribution in [0.3, 0.4) is 0 Å². The van der Waals surface area contributed by atoms with E-state index in [1.54, 1.807) is 0 Å². The van der Waals surface area contributed by atoms with Crippen molar-refractivity contribution >= 4 is 5.78 Å². The molecular formula is C22H30O2. The van der Waals surface area contributed by atoms with E-state index in [4.69, 9.17) is 0 Å². The van der Waals surface area contributed by atoms with E-state index in [1.165, 1.54) is 17.6 Å². The van der Waals surface area contributed by atoms with Gasteiger partial charge in [0.2, 0.25) is 0 Å². The van der Waals surface area contributed by atoms with Crippen LogP contribution in [0.1, 0.15) is 52.9 Å². The third-order valence-corrected chi connectivity index (χ3v) is 8.22. The molecule has 2 saturated carbocycles. The van der Waals surface area contributed by atoms with Crippen LogP contribution in [0, 0.1) is 34.5 Å². The minimum absolute atomic E-state index is 0.0423. The van der Waals surface area contributed by atoms with Gasteiger partial charge in [0, 0.05) is 11.8 Å². The zero-order valence-electron chi connectivity index (χ0n) is 15.2. The Balaban J connectivity index is 1.77. The highest BCUT2D eigenvalue weighted by Crippen LogP contribution is 2.65. The van der Waals surface area contributed by atoms with Gasteiger partial charge in [-0.3, -0.25) is 4.79 Å². The Kier molecular flexibility index (Phi) is 3.52. The minimum Gasteiger partial charge on any atom is -0.393 e. The van der Waals surface area contributed by atoms with Gasteiger partial charge in [-0.25, -0.2) is 0 Å². The molecule has 1 unspecified atom stereocenters. The third kappa shape index (κ3) is 1.95. The van der Waals surface area contributed by atoms with Crippen LogP contribution in [0.15, 0.2) is 36.0 Å². The van der Waals surface area contributed by atoms with Crippen molar-refractivity contribution in [3.05, 3.63) is 36.0 Å². The van der Waals surface area contributed by atoms with Crippen molar-refractivity contribution in [2.45, 2.75) is 59.0 Å². The SMILES string of the molecule is C=C(C)C1CC[C@H]2[C@@H]3C=CC4=CC(=O)CC[C@]4(C)[C@H]3C[C@@H](O)[C@]12C. The lowest BCUT2D eigenvalue weighted by Gasteiger charge is -2.58. The fraction of sp³-hybridized carbons (Fsp3) is 0.682. The maximum atomic E-state index is 11.9. The Labute approximate surface area is 145 Å². The van der Waals surface area contributed by atoms with Gasteiger partial charge in [-0.15, -0.1) is 0 Å². The van der Waals surface area contributed by atoms with Gasteiger partial charge in [-0.05, 0) is 73.3 Å². The first-order chi connectivity index (χ1) is 11.3. The topological polar surface area (TPSA) is 37.3 Å². The molecule has 2 fully saturated rings. The maximum absolute atomic E-state index is 11.9. The summed E-state index contributed by atoms with van der Waals surface area (Å²) in [6.45, 7) is 11.0. The van der Waals surface area contributed by atoms with E-state index in [-0.39, 0.29) is 22.7 Å². The van der Waals surface area contributed by atoms with E-state index in [2.05, 4.69) is 39.5 Å². The number of carbonyl (C=O) groups is 1. The van der Waals surface area contributed by atoms with E-state index in [0.717, 1.165) is 19.3 Å². The number of ketones is 1. The summed E-state index contributed by atoms with van der Waals surface area (Å²) in [4.78, 5) is 11.9. The molecule has 4 aliphatic rings. The van der Waals surface area contributed by atoms with E-state index >= 15 is 0 Å². The number of rotatable bonds is 1. The van der Waals surface area contributed by atoms with Crippen molar-refractivity contribution in [3.63, 3.8) is 0 Å². The number of aliphatic hydroxyl groups is 1. The van der Waals surface area contributed by atoms with Gasteiger partial charge in [-0.2, -0.15) is 0 Å². The third-order valence-electron chi connectivity index (χ3n) is 8.22. The molecule has 0 spiro atoms. The van der Waals surface area contributed by atoms with Crippen LogP contribution in [-0.2, 0) is 4.79 Å². The highest BCUT2D eigenvalue weighted by molar-refractivity contribution is 5.92. The van der Waals surface area contributed by atoms with Crippen LogP contribution in [0.5, 0.6) is 0 Å². The Morgan fingerprint density at radius 1 is 1.29 bits per heavy atom. The number of hydrogen-bond donors (Lipinski definition) is 1. The van der Waals surface area contributed by atoms with Crippen LogP contribution in [0.4, 0.5) is 0 Å². The average Bonchev–Trinajstić information content (AvgIpc) is 2.88. The van der Waals surface area contributed by atoms with Gasteiger partial charge in [0.15, 0.2) is 5.78 Å². The number of fused-ring (bicyclic) bond motifs is 5. The Morgan fingerprint density at radius 3 is 2.75 bits per heavy atom. The summed E-state index contributed by atoms with van der Waals surface area (Å²) in [5, 5.41) is 11.2. The van der Waals surface area contributed by atoms with Gasteiger partial charge in [0.05, 0.1) is 6.10 Å². The standard InChI is InChI=1S/C22H30O2/c1-13(2)17-7-8-18-16-6-5-14-11-15(23)9-10-21(14,3)19(16)12-20(24)22(17,18)4/h5-6,11,16-20,24H,1,7-10,12H2,2-4H3/t16-,17?,18-,19-,20+,21-,22+/m0/s1. The second-order valence-electron chi connectivity index (χ2n) is 9.23. The molecule has 24 heavy (non-hydrogen) atoms. The summed E-state index contributed by atoms with van der Waals surface area (Å²) in [7, 11) is 0. The number of carbonyl (C=O) groups excluding carboxylic acids is 1. The molecular weight excluding hydrogens is 296 g/mol. The summed E-state index contributed by atoms with van der Waals surface area (Å²) in [6.07, 6.45) is 11.0. The van der Waals surface area contributed by atoms with Crippen LogP contribution in [-0.4, -0.2) is 17.0 Å². The van der Waals surface area contributed by atoms with Crippen molar-refractivity contribution in [2.75, 3.05) is 0 Å². The zero-order chi connectivity index (χ0) is 17.3. The molecule has 0 aromatic carbocycles. The van der Waals surface area contributed by atoms with Crippen molar-refractivity contribution in [2.24, 2.45) is 34.5 Å². The van der Waals surface area contributed by atoms with E-state index in [9.17, 15) is 9.90 Å². The number of allylic oxidation sites excluding steroid dienone is 5. The van der Waals surface area contributed by atoms with Crippen LogP contribution < -0.4 is 0 Å². The summed E-state index contributed by atoms with van der Waals surface area (Å²) < 4.78 is 0. The maximum Gasteiger partial charge on any atom is 0.156 e. The summed E-state index contributed by atoms with van der Waals surface area (Å²) in [6, 6.07) is 0. The second kappa shape index (κ2) is 5.17. The van der Waals surface area contributed by atoms with E-state index in [1.807, 2.05) is 6.08 Å². The van der Waals surface area contributed by atoms with Crippen molar-refractivity contribution in [1.82, 2.24) is 0 Å². The van der Waals surface area contributed by atoms with Gasteiger partial charge < -0.3 is 5.11 Å². The van der Waals surface area contributed by atoms with Crippen LogP contribution in [0.2, 0.25) is 0 Å². The summed E-state index contributed by atoms with van der Waals surface area (Å²) in [5.74, 6) is 2.21. The molecule has 7 atom stereocenters. The molecule has 4 aliphatic carbocycles. The van der Waals surface area contributed by atoms with Gasteiger partial charge in [-0.1, -0.05) is 38.2 Å². The Hall–Kier alpha value is -1.15. The number of aliphatic hydroxyl groups excluding tert-OH is 1. The molecule has 0 aliphatic heterocycles. The molecule has 0 bridgehead atoms. The fourth-order valence-corrected chi connectivity index (χ4v) is 6.77. The monoisotopic (exact) mass is 326 g/mol. The molecule has 0 radical (unpaired) electrons. The fourth-order valence-electron chi connectivity index (χ4n) is 6.77. The summed E-state index contributed by atoms with van der Waals surface area (Å²) in [5.41, 5.74) is 2.44. The highest BCUT2D eigenvalue weighted by Gasteiger charge is 2.61. The van der Waals surface area contributed by atoms with E-state index in [0.29, 0.717) is 30.1 Å². The lowest BCUT2D eigenvalue weighted by atomic mass is 9.47. The van der Waals surface area contributed by atoms with Crippen LogP contribution >= 0.6 is 0 Å². The van der Waals surface area contributed by atoms with Crippen molar-refractivity contribution in [3.8, 4) is 0 Å². The molecule has 0 heterocycles.